The first-order valence-electron chi connectivity index (χ1n) is 11.6. The molecular weight excluding hydrogens is 503 g/mol. The number of rotatable bonds is 5. The maximum atomic E-state index is 13.8. The Morgan fingerprint density at radius 3 is 2.51 bits per heavy atom. The van der Waals surface area contributed by atoms with E-state index in [0.717, 1.165) is 25.7 Å². The zero-order valence-corrected chi connectivity index (χ0v) is 20.9. The first-order valence-corrected chi connectivity index (χ1v) is 12.4. The number of aromatic nitrogens is 2. The van der Waals surface area contributed by atoms with Crippen molar-refractivity contribution >= 4 is 34.0 Å². The summed E-state index contributed by atoms with van der Waals surface area (Å²) in [5, 5.41) is 5.40. The average Bonchev–Trinajstić information content (AvgIpc) is 3.29. The molecule has 1 fully saturated rings. The van der Waals surface area contributed by atoms with Gasteiger partial charge in [0.05, 0.1) is 16.6 Å². The molecule has 8 nitrogen and oxygen atoms in total. The number of thiazole rings is 1. The quantitative estimate of drug-likeness (QED) is 0.426. The van der Waals surface area contributed by atoms with Crippen LogP contribution in [0.3, 0.4) is 0 Å². The van der Waals surface area contributed by atoms with Crippen LogP contribution in [0.25, 0.3) is 0 Å². The van der Waals surface area contributed by atoms with Crippen LogP contribution in [-0.2, 0) is 12.7 Å². The van der Waals surface area contributed by atoms with Gasteiger partial charge in [-0.15, -0.1) is 0 Å². The second-order valence-electron chi connectivity index (χ2n) is 8.40. The lowest BCUT2D eigenvalue weighted by Crippen LogP contribution is -2.45. The van der Waals surface area contributed by atoms with Crippen LogP contribution in [-0.4, -0.2) is 58.5 Å². The molecule has 1 aliphatic rings. The number of alkyl halides is 3. The Hall–Kier alpha value is -3.66. The number of nitrogen functional groups attached to an aromatic ring is 1. The van der Waals surface area contributed by atoms with Crippen LogP contribution in [0.1, 0.15) is 28.5 Å². The van der Waals surface area contributed by atoms with Crippen LogP contribution >= 0.6 is 11.3 Å². The number of amides is 2. The summed E-state index contributed by atoms with van der Waals surface area (Å²) in [6.07, 6.45) is -1.52. The van der Waals surface area contributed by atoms with E-state index in [1.165, 1.54) is 29.7 Å². The Morgan fingerprint density at radius 2 is 1.84 bits per heavy atom. The number of nitrogens with one attached hydrogen (secondary N) is 2. The molecule has 4 N–H and O–H groups in total. The molecule has 1 saturated heterocycles. The molecule has 0 aliphatic carbocycles. The Balaban J connectivity index is 1.41. The van der Waals surface area contributed by atoms with Gasteiger partial charge in [-0.3, -0.25) is 10.2 Å². The van der Waals surface area contributed by atoms with Crippen molar-refractivity contribution in [1.82, 2.24) is 19.8 Å². The number of urea groups is 1. The maximum absolute atomic E-state index is 13.8. The number of hydrogen-bond acceptors (Lipinski definition) is 7. The molecule has 194 valence electrons. The van der Waals surface area contributed by atoms with Gasteiger partial charge in [-0.25, -0.2) is 14.8 Å². The van der Waals surface area contributed by atoms with E-state index in [9.17, 15) is 18.0 Å². The minimum absolute atomic E-state index is 0.0307. The number of halogens is 3. The van der Waals surface area contributed by atoms with E-state index in [2.05, 4.69) is 44.3 Å². The number of carbonyl (C=O) groups excluding carboxylic acids is 1. The van der Waals surface area contributed by atoms with Crippen LogP contribution in [0.2, 0.25) is 0 Å². The van der Waals surface area contributed by atoms with E-state index in [0.29, 0.717) is 28.7 Å². The number of anilines is 3. The summed E-state index contributed by atoms with van der Waals surface area (Å²) in [6, 6.07) is 6.36. The molecule has 37 heavy (non-hydrogen) atoms. The molecule has 0 spiro atoms. The summed E-state index contributed by atoms with van der Waals surface area (Å²) in [4.78, 5) is 25.5. The number of hydrogen-bond donors (Lipinski definition) is 3. The molecule has 3 heterocycles. The third-order valence-electron chi connectivity index (χ3n) is 5.83. The molecule has 1 aliphatic heterocycles. The van der Waals surface area contributed by atoms with Gasteiger partial charge in [0.2, 0.25) is 0 Å². The fourth-order valence-corrected chi connectivity index (χ4v) is 4.43. The third-order valence-corrected chi connectivity index (χ3v) is 6.58. The van der Waals surface area contributed by atoms with Crippen LogP contribution in [0.5, 0.6) is 0 Å². The summed E-state index contributed by atoms with van der Waals surface area (Å²) in [5.74, 6) is 6.05. The van der Waals surface area contributed by atoms with E-state index in [1.54, 1.807) is 18.3 Å². The van der Waals surface area contributed by atoms with Crippen LogP contribution < -0.4 is 16.4 Å². The Kier molecular flexibility index (Phi) is 8.27. The minimum atomic E-state index is -4.55. The van der Waals surface area contributed by atoms with Gasteiger partial charge in [0.1, 0.15) is 5.82 Å². The molecule has 12 heteroatoms. The number of likely N-dealkylation sites (N-methyl/N-ethyl adjacent to an activating group) is 1. The monoisotopic (exact) mass is 529 g/mol. The SMILES string of the molecule is CCN1CCN(Cc2ccc(NC(=O)Nc3cc(C#Cc4cnc(N)s4)ccn3)cc2C(F)(F)F)CC1. The summed E-state index contributed by atoms with van der Waals surface area (Å²) in [5.41, 5.74) is 5.62. The van der Waals surface area contributed by atoms with Crippen molar-refractivity contribution in [3.8, 4) is 11.8 Å². The zero-order chi connectivity index (χ0) is 26.4. The van der Waals surface area contributed by atoms with Gasteiger partial charge < -0.3 is 16.0 Å². The molecule has 0 bridgehead atoms. The van der Waals surface area contributed by atoms with Gasteiger partial charge in [-0.1, -0.05) is 30.2 Å². The average molecular weight is 530 g/mol. The number of nitrogens with two attached hydrogens (primary N) is 1. The van der Waals surface area contributed by atoms with Gasteiger partial charge in [0.15, 0.2) is 5.13 Å². The van der Waals surface area contributed by atoms with E-state index in [-0.39, 0.29) is 23.6 Å². The van der Waals surface area contributed by atoms with Crippen molar-refractivity contribution in [2.45, 2.75) is 19.6 Å². The van der Waals surface area contributed by atoms with Crippen LogP contribution in [0.15, 0.2) is 42.7 Å². The van der Waals surface area contributed by atoms with Crippen molar-refractivity contribution in [3.63, 3.8) is 0 Å². The van der Waals surface area contributed by atoms with Crippen molar-refractivity contribution in [2.75, 3.05) is 49.1 Å². The number of pyridine rings is 1. The van der Waals surface area contributed by atoms with Gasteiger partial charge in [-0.2, -0.15) is 13.2 Å². The van der Waals surface area contributed by atoms with Crippen LogP contribution in [0.4, 0.5) is 34.6 Å². The van der Waals surface area contributed by atoms with E-state index >= 15 is 0 Å². The summed E-state index contributed by atoms with van der Waals surface area (Å²) < 4.78 is 41.5. The Bertz CT molecular complexity index is 1310. The molecule has 0 atom stereocenters. The first-order chi connectivity index (χ1) is 17.7. The predicted octanol–water partition coefficient (Wildman–Crippen LogP) is 4.32. The minimum Gasteiger partial charge on any atom is -0.375 e. The molecule has 1 aromatic carbocycles. The van der Waals surface area contributed by atoms with Crippen molar-refractivity contribution in [2.24, 2.45) is 0 Å². The van der Waals surface area contributed by atoms with Gasteiger partial charge in [0, 0.05) is 50.2 Å². The highest BCUT2D eigenvalue weighted by atomic mass is 32.1. The molecule has 0 radical (unpaired) electrons. The summed E-state index contributed by atoms with van der Waals surface area (Å²) in [7, 11) is 0. The third kappa shape index (κ3) is 7.42. The highest BCUT2D eigenvalue weighted by molar-refractivity contribution is 7.15. The molecule has 3 aromatic rings. The van der Waals surface area contributed by atoms with Crippen molar-refractivity contribution in [1.29, 1.82) is 0 Å². The van der Waals surface area contributed by atoms with E-state index in [1.807, 2.05) is 4.90 Å². The lowest BCUT2D eigenvalue weighted by molar-refractivity contribution is -0.138. The van der Waals surface area contributed by atoms with E-state index < -0.39 is 17.8 Å². The fraction of sp³-hybridized carbons (Fsp3) is 0.320. The zero-order valence-electron chi connectivity index (χ0n) is 20.1. The molecule has 0 saturated carbocycles. The van der Waals surface area contributed by atoms with Gasteiger partial charge in [0.25, 0.3) is 0 Å². The molecule has 4 rings (SSSR count). The molecule has 0 unspecified atom stereocenters. The maximum Gasteiger partial charge on any atom is 0.416 e. The lowest BCUT2D eigenvalue weighted by Gasteiger charge is -2.34. The van der Waals surface area contributed by atoms with Crippen molar-refractivity contribution in [3.05, 3.63) is 64.3 Å². The smallest absolute Gasteiger partial charge is 0.375 e. The van der Waals surface area contributed by atoms with Crippen molar-refractivity contribution < 1.29 is 18.0 Å². The normalized spacial score (nSPS) is 14.6. The second kappa shape index (κ2) is 11.6. The standard InChI is InChI=1S/C25H26F3N7OS/c1-2-34-9-11-35(12-10-34)16-18-4-5-19(14-21(18)25(26,27)28)32-24(36)33-22-13-17(7-8-30-22)3-6-20-15-31-23(29)37-20/h4-5,7-8,13-15H,2,9-12,16H2,1H3,(H2,29,31)(H2,30,32,33,36). The summed E-state index contributed by atoms with van der Waals surface area (Å²) in [6.45, 7) is 6.28. The molecule has 2 amide bonds. The summed E-state index contributed by atoms with van der Waals surface area (Å²) >= 11 is 1.25. The van der Waals surface area contributed by atoms with Gasteiger partial charge >= 0.3 is 12.2 Å². The largest absolute Gasteiger partial charge is 0.416 e. The lowest BCUT2D eigenvalue weighted by atomic mass is 10.0. The number of piperazine rings is 1. The highest BCUT2D eigenvalue weighted by Gasteiger charge is 2.34. The molecule has 2 aromatic heterocycles. The second-order valence-corrected chi connectivity index (χ2v) is 9.46. The van der Waals surface area contributed by atoms with E-state index in [4.69, 9.17) is 5.73 Å². The number of carbonyl (C=O) groups is 1. The Labute approximate surface area is 216 Å². The Morgan fingerprint density at radius 1 is 1.08 bits per heavy atom. The first kappa shape index (κ1) is 26.4. The highest BCUT2D eigenvalue weighted by Crippen LogP contribution is 2.34. The fourth-order valence-electron chi connectivity index (χ4n) is 3.90. The molecular formula is C25H26F3N7OS. The number of benzene rings is 1. The topological polar surface area (TPSA) is 99.4 Å². The van der Waals surface area contributed by atoms with Crippen LogP contribution in [0, 0.1) is 11.8 Å². The van der Waals surface area contributed by atoms with Gasteiger partial charge in [-0.05, 0) is 42.3 Å². The predicted molar refractivity (Wildman–Crippen MR) is 138 cm³/mol. The number of nitrogens with zero attached hydrogens (tertiary/aromatic N) is 4.